The van der Waals surface area contributed by atoms with Gasteiger partial charge in [0.25, 0.3) is 0 Å². The Morgan fingerprint density at radius 2 is 1.95 bits per heavy atom. The first-order valence-corrected chi connectivity index (χ1v) is 6.54. The quantitative estimate of drug-likeness (QED) is 0.786. The van der Waals surface area contributed by atoms with Crippen molar-refractivity contribution in [2.75, 3.05) is 6.61 Å². The summed E-state index contributed by atoms with van der Waals surface area (Å²) in [5, 5.41) is 0. The van der Waals surface area contributed by atoms with E-state index in [9.17, 15) is 9.18 Å². The van der Waals surface area contributed by atoms with Gasteiger partial charge in [-0.2, -0.15) is 0 Å². The van der Waals surface area contributed by atoms with E-state index in [1.807, 2.05) is 12.1 Å². The Hall–Kier alpha value is -2.60. The zero-order chi connectivity index (χ0) is 15.2. The number of benzene rings is 2. The maximum Gasteiger partial charge on any atom is 0.174 e. The minimum absolute atomic E-state index is 0.0383. The van der Waals surface area contributed by atoms with E-state index >= 15 is 0 Å². The Morgan fingerprint density at radius 1 is 1.24 bits per heavy atom. The number of hydrogen-bond donors (Lipinski definition) is 0. The van der Waals surface area contributed by atoms with Crippen LogP contribution in [-0.4, -0.2) is 12.4 Å². The fourth-order valence-corrected chi connectivity index (χ4v) is 1.93. The lowest BCUT2D eigenvalue weighted by Crippen LogP contribution is -2.14. The largest absolute Gasteiger partial charge is 0.486 e. The molecule has 0 amide bonds. The van der Waals surface area contributed by atoms with Crippen molar-refractivity contribution in [2.24, 2.45) is 0 Å². The van der Waals surface area contributed by atoms with Crippen LogP contribution in [0.5, 0.6) is 5.75 Å². The Labute approximate surface area is 123 Å². The smallest absolute Gasteiger partial charge is 0.174 e. The lowest BCUT2D eigenvalue weighted by Gasteiger charge is -2.08. The summed E-state index contributed by atoms with van der Waals surface area (Å²) in [4.78, 5) is 11.9. The minimum Gasteiger partial charge on any atom is -0.486 e. The first-order valence-electron chi connectivity index (χ1n) is 6.54. The van der Waals surface area contributed by atoms with Crippen LogP contribution in [0.3, 0.4) is 0 Å². The van der Waals surface area contributed by atoms with E-state index in [0.29, 0.717) is 11.3 Å². The number of rotatable bonds is 5. The van der Waals surface area contributed by atoms with Crippen LogP contribution in [0.15, 0.2) is 42.5 Å². The molecule has 0 saturated carbocycles. The molecule has 0 bridgehead atoms. The summed E-state index contributed by atoms with van der Waals surface area (Å²) in [5.74, 6) is 2.68. The van der Waals surface area contributed by atoms with Crippen LogP contribution in [0.25, 0.3) is 0 Å². The second-order valence-corrected chi connectivity index (χ2v) is 4.76. The highest BCUT2D eigenvalue weighted by molar-refractivity contribution is 5.82. The third-order valence-electron chi connectivity index (χ3n) is 3.05. The number of ketones is 1. The highest BCUT2D eigenvalue weighted by atomic mass is 19.1. The van der Waals surface area contributed by atoms with Crippen molar-refractivity contribution in [3.63, 3.8) is 0 Å². The Balaban J connectivity index is 1.91. The van der Waals surface area contributed by atoms with Gasteiger partial charge in [-0.1, -0.05) is 18.1 Å². The van der Waals surface area contributed by atoms with Crippen LogP contribution in [0.2, 0.25) is 0 Å². The van der Waals surface area contributed by atoms with Crippen molar-refractivity contribution >= 4 is 5.78 Å². The Bertz CT molecular complexity index is 681. The molecule has 2 aromatic rings. The fraction of sp³-hybridized carbons (Fsp3) is 0.167. The van der Waals surface area contributed by atoms with Crippen molar-refractivity contribution in [3.8, 4) is 18.1 Å². The summed E-state index contributed by atoms with van der Waals surface area (Å²) in [6.07, 6.45) is 5.56. The lowest BCUT2D eigenvalue weighted by atomic mass is 10.1. The number of terminal acetylenes is 1. The molecule has 0 fully saturated rings. The van der Waals surface area contributed by atoms with Crippen molar-refractivity contribution in [1.29, 1.82) is 0 Å². The van der Waals surface area contributed by atoms with Crippen molar-refractivity contribution in [1.82, 2.24) is 0 Å². The highest BCUT2D eigenvalue weighted by Crippen LogP contribution is 2.18. The Kier molecular flexibility index (Phi) is 4.73. The predicted molar refractivity (Wildman–Crippen MR) is 79.7 cm³/mol. The van der Waals surface area contributed by atoms with Gasteiger partial charge in [-0.05, 0) is 48.4 Å². The minimum atomic E-state index is -0.320. The molecule has 0 spiro atoms. The lowest BCUT2D eigenvalue weighted by molar-refractivity contribution is -0.120. The predicted octanol–water partition coefficient (Wildman–Crippen LogP) is 3.31. The van der Waals surface area contributed by atoms with E-state index in [1.54, 1.807) is 19.1 Å². The second kappa shape index (κ2) is 6.71. The van der Waals surface area contributed by atoms with E-state index in [1.165, 1.54) is 18.2 Å². The summed E-state index contributed by atoms with van der Waals surface area (Å²) in [7, 11) is 0. The van der Waals surface area contributed by atoms with E-state index in [4.69, 9.17) is 11.2 Å². The normalized spacial score (nSPS) is 9.95. The zero-order valence-corrected chi connectivity index (χ0v) is 11.7. The number of ether oxygens (including phenoxy) is 1. The molecule has 0 atom stereocenters. The molecule has 0 radical (unpaired) electrons. The molecule has 106 valence electrons. The molecule has 0 unspecified atom stereocenters. The number of Topliss-reactive ketones (excluding diaryl/α,β-unsaturated/α-hetero) is 1. The molecule has 2 nitrogen and oxygen atoms in total. The fourth-order valence-electron chi connectivity index (χ4n) is 1.93. The average Bonchev–Trinajstić information content (AvgIpc) is 2.47. The van der Waals surface area contributed by atoms with Crippen LogP contribution in [0, 0.1) is 25.1 Å². The first-order chi connectivity index (χ1) is 10.1. The van der Waals surface area contributed by atoms with Crippen LogP contribution in [-0.2, 0) is 11.2 Å². The highest BCUT2D eigenvalue weighted by Gasteiger charge is 2.07. The van der Waals surface area contributed by atoms with Crippen LogP contribution < -0.4 is 4.74 Å². The summed E-state index contributed by atoms with van der Waals surface area (Å²) in [6, 6.07) is 11.5. The molecule has 0 heterocycles. The molecular weight excluding hydrogens is 267 g/mol. The molecule has 21 heavy (non-hydrogen) atoms. The molecule has 0 N–H and O–H groups in total. The van der Waals surface area contributed by atoms with Gasteiger partial charge in [0, 0.05) is 12.0 Å². The van der Waals surface area contributed by atoms with E-state index in [-0.39, 0.29) is 24.6 Å². The number of carbonyl (C=O) groups is 1. The maximum absolute atomic E-state index is 13.0. The van der Waals surface area contributed by atoms with Gasteiger partial charge in [-0.3, -0.25) is 4.79 Å². The molecule has 3 heteroatoms. The summed E-state index contributed by atoms with van der Waals surface area (Å²) in [6.45, 7) is 1.70. The van der Waals surface area contributed by atoms with Crippen LogP contribution >= 0.6 is 0 Å². The number of carbonyl (C=O) groups excluding carboxylic acids is 1. The van der Waals surface area contributed by atoms with Gasteiger partial charge in [0.2, 0.25) is 0 Å². The van der Waals surface area contributed by atoms with E-state index in [0.717, 1.165) is 11.1 Å². The van der Waals surface area contributed by atoms with Gasteiger partial charge in [0.1, 0.15) is 18.2 Å². The summed E-state index contributed by atoms with van der Waals surface area (Å²) >= 11 is 0. The van der Waals surface area contributed by atoms with Crippen molar-refractivity contribution in [2.45, 2.75) is 13.3 Å². The van der Waals surface area contributed by atoms with Gasteiger partial charge < -0.3 is 4.74 Å². The second-order valence-electron chi connectivity index (χ2n) is 4.76. The maximum atomic E-state index is 13.0. The standard InChI is InChI=1S/C18H15FO2/c1-3-14-4-6-15(7-5-14)11-17(20)12-21-18-9-8-16(19)10-13(18)2/h1,4-10H,11-12H2,2H3. The molecule has 0 saturated heterocycles. The van der Waals surface area contributed by atoms with Crippen molar-refractivity contribution < 1.29 is 13.9 Å². The third kappa shape index (κ3) is 4.19. The first kappa shape index (κ1) is 14.8. The molecule has 2 rings (SSSR count). The van der Waals surface area contributed by atoms with E-state index in [2.05, 4.69) is 5.92 Å². The third-order valence-corrected chi connectivity index (χ3v) is 3.05. The molecule has 0 aliphatic rings. The van der Waals surface area contributed by atoms with E-state index < -0.39 is 0 Å². The number of aryl methyl sites for hydroxylation is 1. The number of hydrogen-bond acceptors (Lipinski definition) is 2. The van der Waals surface area contributed by atoms with Gasteiger partial charge in [-0.15, -0.1) is 6.42 Å². The topological polar surface area (TPSA) is 26.3 Å². The summed E-state index contributed by atoms with van der Waals surface area (Å²) in [5.41, 5.74) is 2.34. The van der Waals surface area contributed by atoms with Gasteiger partial charge in [-0.25, -0.2) is 4.39 Å². The molecule has 0 aliphatic carbocycles. The molecular formula is C18H15FO2. The van der Waals surface area contributed by atoms with Gasteiger partial charge >= 0.3 is 0 Å². The Morgan fingerprint density at radius 3 is 2.57 bits per heavy atom. The monoisotopic (exact) mass is 282 g/mol. The average molecular weight is 282 g/mol. The molecule has 0 aromatic heterocycles. The SMILES string of the molecule is C#Cc1ccc(CC(=O)COc2ccc(F)cc2C)cc1. The van der Waals surface area contributed by atoms with Crippen molar-refractivity contribution in [3.05, 3.63) is 65.0 Å². The van der Waals surface area contributed by atoms with Gasteiger partial charge in [0.15, 0.2) is 5.78 Å². The van der Waals surface area contributed by atoms with Crippen LogP contribution in [0.4, 0.5) is 4.39 Å². The number of halogens is 1. The van der Waals surface area contributed by atoms with Crippen LogP contribution in [0.1, 0.15) is 16.7 Å². The summed E-state index contributed by atoms with van der Waals surface area (Å²) < 4.78 is 18.4. The van der Waals surface area contributed by atoms with Gasteiger partial charge in [0.05, 0.1) is 0 Å². The zero-order valence-electron chi connectivity index (χ0n) is 11.7. The molecule has 0 aliphatic heterocycles. The molecule has 2 aromatic carbocycles.